The average molecular weight is 291 g/mol. The molecule has 0 aromatic carbocycles. The molecule has 0 amide bonds. The van der Waals surface area contributed by atoms with Gasteiger partial charge in [-0.05, 0) is 49.9 Å². The second kappa shape index (κ2) is 12.1. The predicted molar refractivity (Wildman–Crippen MR) is 75.4 cm³/mol. The number of hydrogen-bond donors (Lipinski definition) is 4. The Morgan fingerprint density at radius 2 is 1.45 bits per heavy atom. The lowest BCUT2D eigenvalue weighted by Gasteiger charge is -2.19. The Kier molecular flexibility index (Phi) is 11.7. The monoisotopic (exact) mass is 291 g/mol. The maximum absolute atomic E-state index is 10.9. The summed E-state index contributed by atoms with van der Waals surface area (Å²) in [6.07, 6.45) is 4.04. The Morgan fingerprint density at radius 3 is 1.90 bits per heavy atom. The highest BCUT2D eigenvalue weighted by atomic mass is 16.7. The maximum Gasteiger partial charge on any atom is 0.324 e. The fraction of sp³-hybridized carbons (Fsp3) is 0.929. The van der Waals surface area contributed by atoms with Gasteiger partial charge < -0.3 is 20.2 Å². The Hall–Kier alpha value is -0.690. The lowest BCUT2D eigenvalue weighted by Crippen LogP contribution is -2.16. The average Bonchev–Trinajstić information content (AvgIpc) is 2.49. The molecule has 0 aliphatic heterocycles. The third kappa shape index (κ3) is 9.25. The molecule has 0 radical (unpaired) electrons. The lowest BCUT2D eigenvalue weighted by atomic mass is 9.89. The second-order valence-electron chi connectivity index (χ2n) is 5.57. The molecule has 0 aromatic heterocycles. The van der Waals surface area contributed by atoms with E-state index in [2.05, 4.69) is 4.84 Å². The van der Waals surface area contributed by atoms with E-state index in [1.807, 2.05) is 6.92 Å². The van der Waals surface area contributed by atoms with Crippen molar-refractivity contribution >= 4 is 5.97 Å². The first-order valence-electron chi connectivity index (χ1n) is 7.29. The molecule has 5 N–H and O–H groups in total. The number of rotatable bonds is 12. The van der Waals surface area contributed by atoms with Gasteiger partial charge in [-0.15, -0.1) is 0 Å². The summed E-state index contributed by atoms with van der Waals surface area (Å²) in [4.78, 5) is 15.0. The van der Waals surface area contributed by atoms with Crippen LogP contribution in [0.1, 0.15) is 45.4 Å². The van der Waals surface area contributed by atoms with Crippen molar-refractivity contribution in [3.63, 3.8) is 0 Å². The van der Waals surface area contributed by atoms with Gasteiger partial charge >= 0.3 is 5.97 Å². The number of nitrogens with two attached hydrogens (primary N) is 1. The minimum absolute atomic E-state index is 0.0169. The fourth-order valence-electron chi connectivity index (χ4n) is 2.12. The molecule has 0 spiro atoms. The molecule has 0 rings (SSSR count). The van der Waals surface area contributed by atoms with Gasteiger partial charge in [-0.3, -0.25) is 4.79 Å². The molecule has 0 saturated carbocycles. The summed E-state index contributed by atoms with van der Waals surface area (Å²) in [5.41, 5.74) is 0. The normalized spacial score (nSPS) is 15.7. The van der Waals surface area contributed by atoms with Gasteiger partial charge in [-0.1, -0.05) is 6.92 Å². The van der Waals surface area contributed by atoms with Crippen LogP contribution in [0.4, 0.5) is 0 Å². The van der Waals surface area contributed by atoms with E-state index < -0.39 is 5.97 Å². The Labute approximate surface area is 120 Å². The summed E-state index contributed by atoms with van der Waals surface area (Å²) in [5.74, 6) is 4.74. The van der Waals surface area contributed by atoms with Gasteiger partial charge in [0.15, 0.2) is 0 Å². The molecule has 3 unspecified atom stereocenters. The predicted octanol–water partition coefficient (Wildman–Crippen LogP) is 0.589. The highest BCUT2D eigenvalue weighted by Crippen LogP contribution is 2.21. The van der Waals surface area contributed by atoms with Gasteiger partial charge in [-0.2, -0.15) is 5.90 Å². The van der Waals surface area contributed by atoms with E-state index in [0.717, 1.165) is 25.7 Å². The SMILES string of the molecule is CC(CO)CCC(CO)CCC(CO)CCC(=O)ON. The van der Waals surface area contributed by atoms with Crippen LogP contribution in [0.5, 0.6) is 0 Å². The zero-order valence-corrected chi connectivity index (χ0v) is 12.3. The van der Waals surface area contributed by atoms with Crippen LogP contribution in [0.3, 0.4) is 0 Å². The smallest absolute Gasteiger partial charge is 0.324 e. The molecule has 120 valence electrons. The first kappa shape index (κ1) is 19.3. The van der Waals surface area contributed by atoms with Crippen molar-refractivity contribution in [1.29, 1.82) is 0 Å². The van der Waals surface area contributed by atoms with Crippen LogP contribution in [-0.4, -0.2) is 41.1 Å². The van der Waals surface area contributed by atoms with Crippen LogP contribution in [0.15, 0.2) is 0 Å². The van der Waals surface area contributed by atoms with E-state index in [-0.39, 0.29) is 44.0 Å². The second-order valence-corrected chi connectivity index (χ2v) is 5.57. The van der Waals surface area contributed by atoms with Crippen molar-refractivity contribution in [2.45, 2.75) is 45.4 Å². The molecule has 0 fully saturated rings. The molecule has 6 nitrogen and oxygen atoms in total. The summed E-state index contributed by atoms with van der Waals surface area (Å²) in [6, 6.07) is 0. The van der Waals surface area contributed by atoms with Crippen molar-refractivity contribution in [3.8, 4) is 0 Å². The van der Waals surface area contributed by atoms with E-state index >= 15 is 0 Å². The Bertz CT molecular complexity index is 250. The summed E-state index contributed by atoms with van der Waals surface area (Å²) < 4.78 is 0. The molecule has 0 aliphatic rings. The first-order chi connectivity index (χ1) is 9.57. The largest absolute Gasteiger partial charge is 0.396 e. The molecule has 0 aliphatic carbocycles. The number of carbonyl (C=O) groups is 1. The van der Waals surface area contributed by atoms with Crippen LogP contribution in [-0.2, 0) is 9.63 Å². The van der Waals surface area contributed by atoms with E-state index in [4.69, 9.17) is 11.0 Å². The molecule has 20 heavy (non-hydrogen) atoms. The molecule has 0 saturated heterocycles. The zero-order chi connectivity index (χ0) is 15.4. The Morgan fingerprint density at radius 1 is 0.950 bits per heavy atom. The van der Waals surface area contributed by atoms with E-state index in [0.29, 0.717) is 6.42 Å². The third-order valence-electron chi connectivity index (χ3n) is 3.77. The maximum atomic E-state index is 10.9. The summed E-state index contributed by atoms with van der Waals surface area (Å²) in [6.45, 7) is 2.27. The van der Waals surface area contributed by atoms with Gasteiger partial charge in [0.25, 0.3) is 0 Å². The van der Waals surface area contributed by atoms with E-state index in [9.17, 15) is 15.0 Å². The molecule has 0 aromatic rings. The van der Waals surface area contributed by atoms with Crippen LogP contribution in [0.2, 0.25) is 0 Å². The van der Waals surface area contributed by atoms with Crippen molar-refractivity contribution in [2.75, 3.05) is 19.8 Å². The molecule has 0 bridgehead atoms. The number of aliphatic hydroxyl groups excluding tert-OH is 3. The van der Waals surface area contributed by atoms with Crippen LogP contribution < -0.4 is 5.90 Å². The zero-order valence-electron chi connectivity index (χ0n) is 12.3. The number of carbonyl (C=O) groups excluding carboxylic acids is 1. The molecule has 6 heteroatoms. The summed E-state index contributed by atoms with van der Waals surface area (Å²) >= 11 is 0. The lowest BCUT2D eigenvalue weighted by molar-refractivity contribution is -0.144. The fourth-order valence-corrected chi connectivity index (χ4v) is 2.12. The van der Waals surface area contributed by atoms with Crippen LogP contribution in [0, 0.1) is 17.8 Å². The highest BCUT2D eigenvalue weighted by Gasteiger charge is 2.15. The molecular weight excluding hydrogens is 262 g/mol. The van der Waals surface area contributed by atoms with E-state index in [1.54, 1.807) is 0 Å². The van der Waals surface area contributed by atoms with Gasteiger partial charge in [0, 0.05) is 26.2 Å². The molecular formula is C14H29NO5. The topological polar surface area (TPSA) is 113 Å². The van der Waals surface area contributed by atoms with Gasteiger partial charge in [0.2, 0.25) is 0 Å². The van der Waals surface area contributed by atoms with Crippen LogP contribution in [0.25, 0.3) is 0 Å². The minimum atomic E-state index is -0.473. The first-order valence-corrected chi connectivity index (χ1v) is 7.29. The molecule has 0 heterocycles. The standard InChI is InChI=1S/C14H29NO5/c1-11(8-16)2-3-12(9-17)4-5-13(10-18)6-7-14(19)20-15/h11-13,16-18H,2-10,15H2,1H3. The van der Waals surface area contributed by atoms with Crippen molar-refractivity contribution in [3.05, 3.63) is 0 Å². The van der Waals surface area contributed by atoms with Crippen molar-refractivity contribution in [2.24, 2.45) is 23.7 Å². The van der Waals surface area contributed by atoms with Crippen molar-refractivity contribution in [1.82, 2.24) is 0 Å². The Balaban J connectivity index is 3.95. The van der Waals surface area contributed by atoms with Crippen LogP contribution >= 0.6 is 0 Å². The summed E-state index contributed by atoms with van der Waals surface area (Å²) in [5, 5.41) is 27.6. The number of aliphatic hydroxyl groups is 3. The van der Waals surface area contributed by atoms with E-state index in [1.165, 1.54) is 0 Å². The highest BCUT2D eigenvalue weighted by molar-refractivity contribution is 5.68. The molecule has 3 atom stereocenters. The third-order valence-corrected chi connectivity index (χ3v) is 3.77. The van der Waals surface area contributed by atoms with Gasteiger partial charge in [-0.25, -0.2) is 0 Å². The quantitative estimate of drug-likeness (QED) is 0.391. The summed E-state index contributed by atoms with van der Waals surface area (Å²) in [7, 11) is 0. The van der Waals surface area contributed by atoms with Gasteiger partial charge in [0.1, 0.15) is 0 Å². The van der Waals surface area contributed by atoms with Crippen molar-refractivity contribution < 1.29 is 25.0 Å². The van der Waals surface area contributed by atoms with Gasteiger partial charge in [0.05, 0.1) is 0 Å². The number of hydrogen-bond acceptors (Lipinski definition) is 6. The minimum Gasteiger partial charge on any atom is -0.396 e.